The molecule has 1 saturated heterocycles. The molecule has 0 radical (unpaired) electrons. The van der Waals surface area contributed by atoms with Crippen LogP contribution in [0.15, 0.2) is 24.3 Å². The lowest BCUT2D eigenvalue weighted by molar-refractivity contribution is -0.165. The van der Waals surface area contributed by atoms with Crippen molar-refractivity contribution in [1.82, 2.24) is 4.90 Å². The van der Waals surface area contributed by atoms with Crippen LogP contribution < -0.4 is 0 Å². The molecule has 0 spiro atoms. The Balaban J connectivity index is 2.24. The summed E-state index contributed by atoms with van der Waals surface area (Å²) in [6.45, 7) is 6.75. The van der Waals surface area contributed by atoms with Gasteiger partial charge in [-0.1, -0.05) is 12.1 Å². The zero-order valence-electron chi connectivity index (χ0n) is 16.0. The monoisotopic (exact) mass is 365 g/mol. The summed E-state index contributed by atoms with van der Waals surface area (Å²) in [4.78, 5) is 27.5. The molecule has 0 bridgehead atoms. The molecule has 1 heterocycles. The predicted molar refractivity (Wildman–Crippen MR) is 96.2 cm³/mol. The predicted octanol–water partition coefficient (Wildman–Crippen LogP) is 2.92. The molecule has 0 aliphatic carbocycles. The van der Waals surface area contributed by atoms with E-state index in [0.29, 0.717) is 26.0 Å². The van der Waals surface area contributed by atoms with Gasteiger partial charge in [-0.3, -0.25) is 9.59 Å². The first-order valence-electron chi connectivity index (χ1n) is 8.98. The third-order valence-corrected chi connectivity index (χ3v) is 5.09. The summed E-state index contributed by atoms with van der Waals surface area (Å²) < 4.78 is 23.8. The Labute approximate surface area is 154 Å². The van der Waals surface area contributed by atoms with Gasteiger partial charge >= 0.3 is 5.97 Å². The molecule has 0 aromatic heterocycles. The molecule has 1 amide bonds. The lowest BCUT2D eigenvalue weighted by atomic mass is 9.78. The zero-order chi connectivity index (χ0) is 19.4. The molecule has 144 valence electrons. The van der Waals surface area contributed by atoms with Gasteiger partial charge in [0.1, 0.15) is 11.2 Å². The summed E-state index contributed by atoms with van der Waals surface area (Å²) in [5, 5.41) is 0. The number of nitrogens with zero attached hydrogens (tertiary/aromatic N) is 1. The number of amides is 1. The van der Waals surface area contributed by atoms with Gasteiger partial charge in [-0.15, -0.1) is 0 Å². The highest BCUT2D eigenvalue weighted by molar-refractivity contribution is 5.88. The van der Waals surface area contributed by atoms with Crippen LogP contribution in [0.25, 0.3) is 0 Å². The van der Waals surface area contributed by atoms with Gasteiger partial charge in [-0.05, 0) is 51.3 Å². The number of piperidine rings is 1. The average Bonchev–Trinajstić information content (AvgIpc) is 2.62. The summed E-state index contributed by atoms with van der Waals surface area (Å²) in [6, 6.07) is 5.97. The summed E-state index contributed by atoms with van der Waals surface area (Å²) in [5.74, 6) is -0.746. The Kier molecular flexibility index (Phi) is 6.39. The standard InChI is InChI=1S/C20H28FNO4/c1-5-26-18(24)20(14-25-4)11-6-12-22(13-20)17(23)19(2,3)15-7-9-16(21)10-8-15/h7-10H,5-6,11-14H2,1-4H3/t20-/m1/s1. The molecule has 6 heteroatoms. The molecule has 26 heavy (non-hydrogen) atoms. The maximum absolute atomic E-state index is 13.2. The number of methoxy groups -OCH3 is 1. The number of carbonyl (C=O) groups excluding carboxylic acids is 2. The van der Waals surface area contributed by atoms with E-state index < -0.39 is 10.8 Å². The second-order valence-corrected chi connectivity index (χ2v) is 7.40. The van der Waals surface area contributed by atoms with E-state index in [0.717, 1.165) is 5.56 Å². The maximum atomic E-state index is 13.2. The van der Waals surface area contributed by atoms with Gasteiger partial charge in [-0.25, -0.2) is 4.39 Å². The normalized spacial score (nSPS) is 20.7. The van der Waals surface area contributed by atoms with E-state index in [1.165, 1.54) is 12.1 Å². The molecule has 5 nitrogen and oxygen atoms in total. The van der Waals surface area contributed by atoms with Crippen LogP contribution in [0.3, 0.4) is 0 Å². The molecular formula is C20H28FNO4. The number of hydrogen-bond donors (Lipinski definition) is 0. The van der Waals surface area contributed by atoms with Gasteiger partial charge in [-0.2, -0.15) is 0 Å². The first-order valence-corrected chi connectivity index (χ1v) is 8.98. The molecule has 1 atom stereocenters. The number of carbonyl (C=O) groups is 2. The lowest BCUT2D eigenvalue weighted by Crippen LogP contribution is -2.55. The van der Waals surface area contributed by atoms with Crippen LogP contribution in [0.1, 0.15) is 39.2 Å². The fourth-order valence-corrected chi connectivity index (χ4v) is 3.59. The van der Waals surface area contributed by atoms with Crippen molar-refractivity contribution in [3.63, 3.8) is 0 Å². The largest absolute Gasteiger partial charge is 0.465 e. The minimum atomic E-state index is -0.836. The van der Waals surface area contributed by atoms with Crippen molar-refractivity contribution >= 4 is 11.9 Å². The van der Waals surface area contributed by atoms with Crippen molar-refractivity contribution in [2.45, 2.75) is 39.0 Å². The number of rotatable bonds is 6. The highest BCUT2D eigenvalue weighted by Gasteiger charge is 2.47. The van der Waals surface area contributed by atoms with Gasteiger partial charge in [0.25, 0.3) is 0 Å². The molecule has 0 saturated carbocycles. The number of halogens is 1. The van der Waals surface area contributed by atoms with Crippen LogP contribution in [0.2, 0.25) is 0 Å². The zero-order valence-corrected chi connectivity index (χ0v) is 16.0. The van der Waals surface area contributed by atoms with Gasteiger partial charge < -0.3 is 14.4 Å². The van der Waals surface area contributed by atoms with E-state index in [1.807, 2.05) is 13.8 Å². The Morgan fingerprint density at radius 2 is 1.92 bits per heavy atom. The van der Waals surface area contributed by atoms with Crippen molar-refractivity contribution < 1.29 is 23.5 Å². The van der Waals surface area contributed by atoms with Crippen molar-refractivity contribution in [3.05, 3.63) is 35.6 Å². The van der Waals surface area contributed by atoms with Crippen molar-refractivity contribution in [2.75, 3.05) is 33.4 Å². The van der Waals surface area contributed by atoms with Crippen LogP contribution in [0.4, 0.5) is 4.39 Å². The van der Waals surface area contributed by atoms with Gasteiger partial charge in [0.2, 0.25) is 5.91 Å². The van der Waals surface area contributed by atoms with Crippen LogP contribution in [-0.4, -0.2) is 50.2 Å². The van der Waals surface area contributed by atoms with E-state index >= 15 is 0 Å². The van der Waals surface area contributed by atoms with Crippen LogP contribution >= 0.6 is 0 Å². The number of benzene rings is 1. The van der Waals surface area contributed by atoms with Gasteiger partial charge in [0.15, 0.2) is 0 Å². The summed E-state index contributed by atoms with van der Waals surface area (Å²) >= 11 is 0. The SMILES string of the molecule is CCOC(=O)[C@]1(COC)CCCN(C(=O)C(C)(C)c2ccc(F)cc2)C1. The maximum Gasteiger partial charge on any atom is 0.316 e. The Morgan fingerprint density at radius 1 is 1.27 bits per heavy atom. The minimum absolute atomic E-state index is 0.0893. The third-order valence-electron chi connectivity index (χ3n) is 5.09. The second kappa shape index (κ2) is 8.16. The molecule has 0 N–H and O–H groups in total. The number of hydrogen-bond acceptors (Lipinski definition) is 4. The molecule has 2 rings (SSSR count). The molecule has 1 aromatic rings. The smallest absolute Gasteiger partial charge is 0.316 e. The Morgan fingerprint density at radius 3 is 2.50 bits per heavy atom. The molecular weight excluding hydrogens is 337 g/mol. The third kappa shape index (κ3) is 4.06. The Bertz CT molecular complexity index is 640. The number of esters is 1. The molecule has 1 aliphatic heterocycles. The number of likely N-dealkylation sites (tertiary alicyclic amines) is 1. The number of ether oxygens (including phenoxy) is 2. The minimum Gasteiger partial charge on any atom is -0.465 e. The second-order valence-electron chi connectivity index (χ2n) is 7.40. The van der Waals surface area contributed by atoms with Crippen LogP contribution in [0.5, 0.6) is 0 Å². The molecule has 1 aliphatic rings. The quantitative estimate of drug-likeness (QED) is 0.728. The summed E-state index contributed by atoms with van der Waals surface area (Å²) in [5.41, 5.74) is -0.918. The molecule has 1 fully saturated rings. The average molecular weight is 365 g/mol. The van der Waals surface area contributed by atoms with E-state index in [4.69, 9.17) is 9.47 Å². The van der Waals surface area contributed by atoms with Gasteiger partial charge in [0.05, 0.1) is 18.6 Å². The molecule has 0 unspecified atom stereocenters. The van der Waals surface area contributed by atoms with Crippen LogP contribution in [-0.2, 0) is 24.5 Å². The topological polar surface area (TPSA) is 55.8 Å². The van der Waals surface area contributed by atoms with Gasteiger partial charge in [0, 0.05) is 20.2 Å². The summed E-state index contributed by atoms with van der Waals surface area (Å²) in [7, 11) is 1.55. The lowest BCUT2D eigenvalue weighted by Gasteiger charge is -2.43. The first kappa shape index (κ1) is 20.4. The van der Waals surface area contributed by atoms with Crippen molar-refractivity contribution in [3.8, 4) is 0 Å². The van der Waals surface area contributed by atoms with Crippen LogP contribution in [0, 0.1) is 11.2 Å². The first-order chi connectivity index (χ1) is 12.3. The van der Waals surface area contributed by atoms with Crippen molar-refractivity contribution in [1.29, 1.82) is 0 Å². The highest BCUT2D eigenvalue weighted by Crippen LogP contribution is 2.35. The van der Waals surface area contributed by atoms with E-state index in [9.17, 15) is 14.0 Å². The van der Waals surface area contributed by atoms with Crippen molar-refractivity contribution in [2.24, 2.45) is 5.41 Å². The fourth-order valence-electron chi connectivity index (χ4n) is 3.59. The summed E-state index contributed by atoms with van der Waals surface area (Å²) in [6.07, 6.45) is 1.33. The molecule has 1 aromatic carbocycles. The Hall–Kier alpha value is -1.95. The van der Waals surface area contributed by atoms with E-state index in [2.05, 4.69) is 0 Å². The van der Waals surface area contributed by atoms with E-state index in [-0.39, 0.29) is 30.8 Å². The van der Waals surface area contributed by atoms with E-state index in [1.54, 1.807) is 31.1 Å². The fraction of sp³-hybridized carbons (Fsp3) is 0.600. The highest BCUT2D eigenvalue weighted by atomic mass is 19.1.